The van der Waals surface area contributed by atoms with E-state index in [-0.39, 0.29) is 11.9 Å². The molecule has 1 heterocycles. The van der Waals surface area contributed by atoms with Crippen molar-refractivity contribution in [2.24, 2.45) is 0 Å². The smallest absolute Gasteiger partial charge is 0.132 e. The van der Waals surface area contributed by atoms with E-state index in [2.05, 4.69) is 16.8 Å². The molecule has 0 aliphatic carbocycles. The Bertz CT molecular complexity index is 693. The topological polar surface area (TPSA) is 46.0 Å². The molecule has 0 radical (unpaired) electrons. The van der Waals surface area contributed by atoms with Gasteiger partial charge in [-0.15, -0.1) is 11.7 Å². The third-order valence-electron chi connectivity index (χ3n) is 3.66. The molecule has 2 aromatic rings. The number of rotatable bonds is 8. The van der Waals surface area contributed by atoms with Gasteiger partial charge in [0, 0.05) is 5.56 Å². The van der Waals surface area contributed by atoms with E-state index in [0.717, 1.165) is 30.5 Å². The van der Waals surface area contributed by atoms with Gasteiger partial charge >= 0.3 is 0 Å². The van der Waals surface area contributed by atoms with E-state index in [4.69, 9.17) is 0 Å². The number of aliphatic hydroxyl groups excluding tert-OH is 1. The van der Waals surface area contributed by atoms with E-state index in [0.29, 0.717) is 17.7 Å². The number of allylic oxidation sites excluding steroid dienone is 2. The Labute approximate surface area is 142 Å². The van der Waals surface area contributed by atoms with Crippen LogP contribution < -0.4 is 0 Å². The predicted molar refractivity (Wildman–Crippen MR) is 95.9 cm³/mol. The zero-order chi connectivity index (χ0) is 17.4. The van der Waals surface area contributed by atoms with Gasteiger partial charge in [0.25, 0.3) is 0 Å². The predicted octanol–water partition coefficient (Wildman–Crippen LogP) is 4.58. The molecule has 4 heteroatoms. The number of aromatic nitrogens is 2. The molecule has 0 bridgehead atoms. The maximum Gasteiger partial charge on any atom is 0.132 e. The lowest BCUT2D eigenvalue weighted by molar-refractivity contribution is 0.182. The third-order valence-corrected chi connectivity index (χ3v) is 3.66. The minimum Gasteiger partial charge on any atom is -0.393 e. The number of nitrogens with zero attached hydrogens (tertiary/aromatic N) is 2. The molecule has 0 spiro atoms. The number of unbranched alkanes of at least 4 members (excludes halogenated alkanes) is 1. The van der Waals surface area contributed by atoms with Gasteiger partial charge in [-0.25, -0.2) is 4.39 Å². The van der Waals surface area contributed by atoms with Crippen LogP contribution in [0.1, 0.15) is 37.4 Å². The quantitative estimate of drug-likeness (QED) is 0.571. The highest BCUT2D eigenvalue weighted by Crippen LogP contribution is 2.22. The van der Waals surface area contributed by atoms with Crippen LogP contribution in [0.15, 0.2) is 49.1 Å². The number of halogens is 1. The average molecular weight is 326 g/mol. The van der Waals surface area contributed by atoms with Crippen molar-refractivity contribution in [3.05, 3.63) is 66.1 Å². The molecule has 2 rings (SSSR count). The summed E-state index contributed by atoms with van der Waals surface area (Å²) >= 11 is 0. The fourth-order valence-electron chi connectivity index (χ4n) is 2.37. The van der Waals surface area contributed by atoms with E-state index < -0.39 is 0 Å². The van der Waals surface area contributed by atoms with Crippen molar-refractivity contribution in [3.8, 4) is 11.3 Å². The summed E-state index contributed by atoms with van der Waals surface area (Å²) in [5.41, 5.74) is 2.59. The van der Waals surface area contributed by atoms with Crippen LogP contribution in [0.5, 0.6) is 0 Å². The molecule has 0 saturated heterocycles. The third kappa shape index (κ3) is 5.39. The molecule has 0 amide bonds. The molecule has 1 aromatic heterocycles. The number of benzene rings is 1. The first-order chi connectivity index (χ1) is 11.6. The van der Waals surface area contributed by atoms with Gasteiger partial charge in [0.05, 0.1) is 17.5 Å². The Balaban J connectivity index is 2.01. The second-order valence-electron chi connectivity index (χ2n) is 5.83. The first-order valence-corrected chi connectivity index (χ1v) is 8.18. The normalized spacial score (nSPS) is 12.5. The Hall–Kier alpha value is -2.33. The molecule has 1 aromatic carbocycles. The van der Waals surface area contributed by atoms with E-state index in [1.54, 1.807) is 25.1 Å². The minimum absolute atomic E-state index is 0.259. The van der Waals surface area contributed by atoms with Crippen molar-refractivity contribution in [3.63, 3.8) is 0 Å². The Kier molecular flexibility index (Phi) is 6.82. The molecule has 3 nitrogen and oxygen atoms in total. The monoisotopic (exact) mass is 326 g/mol. The number of aliphatic hydroxyl groups is 1. The van der Waals surface area contributed by atoms with Crippen molar-refractivity contribution in [1.82, 2.24) is 10.2 Å². The van der Waals surface area contributed by atoms with Gasteiger partial charge in [0.2, 0.25) is 0 Å². The maximum atomic E-state index is 14.2. The number of hydrogen-bond acceptors (Lipinski definition) is 3. The molecule has 1 N–H and O–H groups in total. The second-order valence-corrected chi connectivity index (χ2v) is 5.83. The summed E-state index contributed by atoms with van der Waals surface area (Å²) in [5.74, 6) is -0.301. The first kappa shape index (κ1) is 18.0. The summed E-state index contributed by atoms with van der Waals surface area (Å²) in [7, 11) is 0. The van der Waals surface area contributed by atoms with Crippen molar-refractivity contribution < 1.29 is 9.50 Å². The van der Waals surface area contributed by atoms with Crippen molar-refractivity contribution in [2.45, 2.75) is 38.7 Å². The summed E-state index contributed by atoms with van der Waals surface area (Å²) < 4.78 is 14.2. The summed E-state index contributed by atoms with van der Waals surface area (Å²) in [6.07, 6.45) is 8.63. The van der Waals surface area contributed by atoms with Crippen LogP contribution in [0.4, 0.5) is 4.39 Å². The van der Waals surface area contributed by atoms with E-state index in [1.807, 2.05) is 24.3 Å². The van der Waals surface area contributed by atoms with Gasteiger partial charge in [-0.1, -0.05) is 18.2 Å². The number of hydrogen-bond donors (Lipinski definition) is 1. The van der Waals surface area contributed by atoms with Gasteiger partial charge in [-0.05, 0) is 68.5 Å². The summed E-state index contributed by atoms with van der Waals surface area (Å²) in [4.78, 5) is 0. The lowest BCUT2D eigenvalue weighted by Crippen LogP contribution is -1.97. The highest BCUT2D eigenvalue weighted by molar-refractivity contribution is 5.61. The van der Waals surface area contributed by atoms with Gasteiger partial charge in [0.15, 0.2) is 0 Å². The molecule has 0 saturated carbocycles. The van der Waals surface area contributed by atoms with Gasteiger partial charge < -0.3 is 5.11 Å². The lowest BCUT2D eigenvalue weighted by atomic mass is 10.1. The molecule has 126 valence electrons. The van der Waals surface area contributed by atoms with Crippen LogP contribution in [-0.2, 0) is 6.42 Å². The van der Waals surface area contributed by atoms with Crippen LogP contribution in [-0.4, -0.2) is 21.4 Å². The molecule has 0 fully saturated rings. The zero-order valence-electron chi connectivity index (χ0n) is 14.0. The van der Waals surface area contributed by atoms with Gasteiger partial charge in [-0.2, -0.15) is 5.10 Å². The van der Waals surface area contributed by atoms with Gasteiger partial charge in [-0.3, -0.25) is 0 Å². The Morgan fingerprint density at radius 1 is 1.25 bits per heavy atom. The Morgan fingerprint density at radius 2 is 2.08 bits per heavy atom. The standard InChI is InChI=1S/C20H23FN2O/c1-3-7-16-10-12-18(19(21)14-16)20-13-11-17(22-23-20)9-6-4-5-8-15(2)24/h3,6,9-15,24H,1,4-5,7-8H2,2H3/b9-6+. The average Bonchev–Trinajstić information content (AvgIpc) is 2.55. The van der Waals surface area contributed by atoms with E-state index in [9.17, 15) is 9.50 Å². The van der Waals surface area contributed by atoms with Crippen molar-refractivity contribution in [1.29, 1.82) is 0 Å². The molecule has 24 heavy (non-hydrogen) atoms. The fourth-order valence-corrected chi connectivity index (χ4v) is 2.37. The largest absolute Gasteiger partial charge is 0.393 e. The molecule has 0 aliphatic rings. The molecule has 1 unspecified atom stereocenters. The summed E-state index contributed by atoms with van der Waals surface area (Å²) in [6.45, 7) is 5.45. The lowest BCUT2D eigenvalue weighted by Gasteiger charge is -2.04. The van der Waals surface area contributed by atoms with Crippen LogP contribution in [0.2, 0.25) is 0 Å². The van der Waals surface area contributed by atoms with Gasteiger partial charge in [0.1, 0.15) is 5.82 Å². The van der Waals surface area contributed by atoms with Crippen molar-refractivity contribution in [2.75, 3.05) is 0 Å². The van der Waals surface area contributed by atoms with Crippen LogP contribution in [0.25, 0.3) is 17.3 Å². The molecular formula is C20H23FN2O. The minimum atomic E-state index is -0.301. The summed E-state index contributed by atoms with van der Waals surface area (Å²) in [5, 5.41) is 17.4. The molecule has 0 aliphatic heterocycles. The SMILES string of the molecule is C=CCc1ccc(-c2ccc(/C=C/CCCC(C)O)nn2)c(F)c1. The second kappa shape index (κ2) is 9.08. The van der Waals surface area contributed by atoms with Crippen LogP contribution in [0.3, 0.4) is 0 Å². The summed E-state index contributed by atoms with van der Waals surface area (Å²) in [6, 6.07) is 8.70. The van der Waals surface area contributed by atoms with Crippen molar-refractivity contribution >= 4 is 6.08 Å². The van der Waals surface area contributed by atoms with Crippen LogP contribution in [0, 0.1) is 5.82 Å². The first-order valence-electron chi connectivity index (χ1n) is 8.18. The van der Waals surface area contributed by atoms with E-state index in [1.165, 1.54) is 6.07 Å². The highest BCUT2D eigenvalue weighted by atomic mass is 19.1. The van der Waals surface area contributed by atoms with Crippen LogP contribution >= 0.6 is 0 Å². The zero-order valence-corrected chi connectivity index (χ0v) is 14.0. The maximum absolute atomic E-state index is 14.2. The highest BCUT2D eigenvalue weighted by Gasteiger charge is 2.07. The molecular weight excluding hydrogens is 303 g/mol. The molecule has 1 atom stereocenters. The fraction of sp³-hybridized carbons (Fsp3) is 0.300. The van der Waals surface area contributed by atoms with E-state index >= 15 is 0 Å². The Morgan fingerprint density at radius 3 is 2.71 bits per heavy atom.